The summed E-state index contributed by atoms with van der Waals surface area (Å²) in [5, 5.41) is 13.5. The molecular formula is C26H27N3O3. The van der Waals surface area contributed by atoms with Gasteiger partial charge >= 0.3 is 5.97 Å². The van der Waals surface area contributed by atoms with E-state index in [2.05, 4.69) is 57.2 Å². The molecule has 6 heteroatoms. The van der Waals surface area contributed by atoms with Crippen molar-refractivity contribution >= 4 is 27.6 Å². The molecule has 0 spiro atoms. The van der Waals surface area contributed by atoms with Gasteiger partial charge in [-0.05, 0) is 34.5 Å². The zero-order chi connectivity index (χ0) is 22.1. The van der Waals surface area contributed by atoms with Crippen LogP contribution in [0.1, 0.15) is 17.2 Å². The van der Waals surface area contributed by atoms with Crippen LogP contribution in [0.4, 0.5) is 0 Å². The summed E-state index contributed by atoms with van der Waals surface area (Å²) in [5.74, 6) is -0.0985. The van der Waals surface area contributed by atoms with Gasteiger partial charge in [-0.15, -0.1) is 0 Å². The molecule has 1 atom stereocenters. The molecule has 0 unspecified atom stereocenters. The standard InChI is InChI=1S/C26H27N3O3/c1-32-20-9-10-24-22(15-20)23(16-27-24)25(26(30)31)29-13-11-28(12-14-29)17-19-7-4-6-18-5-2-3-8-21(18)19/h2-10,15-16,25,27H,11-14,17H2,1H3,(H,30,31)/t25-/m0/s1. The Morgan fingerprint density at radius 3 is 2.59 bits per heavy atom. The molecule has 0 bridgehead atoms. The lowest BCUT2D eigenvalue weighted by atomic mass is 10.0. The average molecular weight is 430 g/mol. The second-order valence-corrected chi connectivity index (χ2v) is 8.35. The fourth-order valence-electron chi connectivity index (χ4n) is 4.81. The molecule has 1 aliphatic heterocycles. The van der Waals surface area contributed by atoms with Crippen LogP contribution in [-0.4, -0.2) is 59.1 Å². The van der Waals surface area contributed by atoms with E-state index in [9.17, 15) is 9.90 Å². The molecule has 5 rings (SSSR count). The molecule has 0 amide bonds. The average Bonchev–Trinajstić information content (AvgIpc) is 3.23. The zero-order valence-corrected chi connectivity index (χ0v) is 18.1. The molecule has 4 aromatic rings. The van der Waals surface area contributed by atoms with Crippen LogP contribution in [0.15, 0.2) is 66.9 Å². The monoisotopic (exact) mass is 429 g/mol. The lowest BCUT2D eigenvalue weighted by molar-refractivity contribution is -0.144. The molecule has 32 heavy (non-hydrogen) atoms. The molecule has 6 nitrogen and oxygen atoms in total. The highest BCUT2D eigenvalue weighted by Crippen LogP contribution is 2.32. The van der Waals surface area contributed by atoms with Crippen LogP contribution in [0, 0.1) is 0 Å². The number of aromatic nitrogens is 1. The molecule has 3 aromatic carbocycles. The van der Waals surface area contributed by atoms with Crippen molar-refractivity contribution in [2.45, 2.75) is 12.6 Å². The molecule has 0 aliphatic carbocycles. The fraction of sp³-hybridized carbons (Fsp3) is 0.269. The van der Waals surface area contributed by atoms with E-state index in [0.29, 0.717) is 13.1 Å². The summed E-state index contributed by atoms with van der Waals surface area (Å²) >= 11 is 0. The van der Waals surface area contributed by atoms with Gasteiger partial charge in [0.25, 0.3) is 0 Å². The predicted octanol–water partition coefficient (Wildman–Crippen LogP) is 4.27. The van der Waals surface area contributed by atoms with Gasteiger partial charge < -0.3 is 14.8 Å². The van der Waals surface area contributed by atoms with Gasteiger partial charge in [0.05, 0.1) is 7.11 Å². The van der Waals surface area contributed by atoms with Gasteiger partial charge in [0, 0.05) is 55.4 Å². The third-order valence-corrected chi connectivity index (χ3v) is 6.50. The van der Waals surface area contributed by atoms with Crippen molar-refractivity contribution in [2.24, 2.45) is 0 Å². The molecule has 2 heterocycles. The fourth-order valence-corrected chi connectivity index (χ4v) is 4.81. The first-order valence-corrected chi connectivity index (χ1v) is 10.9. The minimum absolute atomic E-state index is 0.685. The summed E-state index contributed by atoms with van der Waals surface area (Å²) in [6, 6.07) is 19.9. The highest BCUT2D eigenvalue weighted by Gasteiger charge is 2.32. The lowest BCUT2D eigenvalue weighted by Gasteiger charge is -2.37. The highest BCUT2D eigenvalue weighted by molar-refractivity contribution is 5.90. The summed E-state index contributed by atoms with van der Waals surface area (Å²) in [6.07, 6.45) is 1.82. The Hall–Kier alpha value is -3.35. The topological polar surface area (TPSA) is 68.8 Å². The van der Waals surface area contributed by atoms with E-state index >= 15 is 0 Å². The maximum atomic E-state index is 12.3. The number of nitrogens with zero attached hydrogens (tertiary/aromatic N) is 2. The summed E-state index contributed by atoms with van der Waals surface area (Å²) in [7, 11) is 1.62. The molecule has 0 saturated carbocycles. The number of aliphatic carboxylic acids is 1. The largest absolute Gasteiger partial charge is 0.497 e. The first-order valence-electron chi connectivity index (χ1n) is 10.9. The smallest absolute Gasteiger partial charge is 0.325 e. The van der Waals surface area contributed by atoms with Crippen molar-refractivity contribution in [3.63, 3.8) is 0 Å². The molecule has 1 saturated heterocycles. The first-order chi connectivity index (χ1) is 15.6. The minimum atomic E-state index is -0.823. The number of benzene rings is 3. The van der Waals surface area contributed by atoms with Crippen molar-refractivity contribution in [1.29, 1.82) is 0 Å². The third kappa shape index (κ3) is 3.83. The lowest BCUT2D eigenvalue weighted by Crippen LogP contribution is -2.48. The van der Waals surface area contributed by atoms with Gasteiger partial charge in [0.1, 0.15) is 11.8 Å². The van der Waals surface area contributed by atoms with Gasteiger partial charge in [-0.3, -0.25) is 14.6 Å². The summed E-state index contributed by atoms with van der Waals surface area (Å²) in [5.41, 5.74) is 3.02. The summed E-state index contributed by atoms with van der Waals surface area (Å²) in [4.78, 5) is 20.0. The van der Waals surface area contributed by atoms with Crippen molar-refractivity contribution < 1.29 is 14.6 Å². The van der Waals surface area contributed by atoms with Crippen molar-refractivity contribution in [1.82, 2.24) is 14.8 Å². The van der Waals surface area contributed by atoms with Gasteiger partial charge in [-0.25, -0.2) is 0 Å². The number of fused-ring (bicyclic) bond motifs is 2. The van der Waals surface area contributed by atoms with Crippen LogP contribution in [0.2, 0.25) is 0 Å². The first kappa shape index (κ1) is 20.5. The Labute approximate surface area is 187 Å². The number of methoxy groups -OCH3 is 1. The van der Waals surface area contributed by atoms with Crippen molar-refractivity contribution in [3.8, 4) is 5.75 Å². The van der Waals surface area contributed by atoms with Crippen LogP contribution >= 0.6 is 0 Å². The van der Waals surface area contributed by atoms with Gasteiger partial charge in [0.2, 0.25) is 0 Å². The normalized spacial score (nSPS) is 16.4. The quantitative estimate of drug-likeness (QED) is 0.479. The molecular weight excluding hydrogens is 402 g/mol. The zero-order valence-electron chi connectivity index (χ0n) is 18.1. The number of hydrogen-bond acceptors (Lipinski definition) is 4. The van der Waals surface area contributed by atoms with Crippen molar-refractivity contribution in [3.05, 3.63) is 78.0 Å². The van der Waals surface area contributed by atoms with E-state index in [1.165, 1.54) is 16.3 Å². The van der Waals surface area contributed by atoms with E-state index in [0.717, 1.165) is 41.9 Å². The summed E-state index contributed by atoms with van der Waals surface area (Å²) < 4.78 is 5.35. The third-order valence-electron chi connectivity index (χ3n) is 6.50. The molecule has 164 valence electrons. The summed E-state index contributed by atoms with van der Waals surface area (Å²) in [6.45, 7) is 3.95. The second-order valence-electron chi connectivity index (χ2n) is 8.35. The highest BCUT2D eigenvalue weighted by atomic mass is 16.5. The number of nitrogens with one attached hydrogen (secondary N) is 1. The van der Waals surface area contributed by atoms with E-state index in [-0.39, 0.29) is 0 Å². The Morgan fingerprint density at radius 1 is 1.03 bits per heavy atom. The van der Waals surface area contributed by atoms with Crippen LogP contribution in [0.25, 0.3) is 21.7 Å². The van der Waals surface area contributed by atoms with E-state index in [1.54, 1.807) is 7.11 Å². The maximum absolute atomic E-state index is 12.3. The van der Waals surface area contributed by atoms with Crippen LogP contribution < -0.4 is 4.74 Å². The molecule has 1 aliphatic rings. The molecule has 2 N–H and O–H groups in total. The van der Waals surface area contributed by atoms with Crippen molar-refractivity contribution in [2.75, 3.05) is 33.3 Å². The Bertz CT molecular complexity index is 1250. The SMILES string of the molecule is COc1ccc2[nH]cc([C@@H](C(=O)O)N3CCN(Cc4cccc5ccccc45)CC3)c2c1. The van der Waals surface area contributed by atoms with Crippen LogP contribution in [0.5, 0.6) is 5.75 Å². The van der Waals surface area contributed by atoms with Gasteiger partial charge in [0.15, 0.2) is 0 Å². The number of aromatic amines is 1. The second kappa shape index (κ2) is 8.65. The number of piperazine rings is 1. The number of hydrogen-bond donors (Lipinski definition) is 2. The van der Waals surface area contributed by atoms with E-state index < -0.39 is 12.0 Å². The number of carbonyl (C=O) groups is 1. The van der Waals surface area contributed by atoms with E-state index in [4.69, 9.17) is 4.74 Å². The maximum Gasteiger partial charge on any atom is 0.325 e. The number of H-pyrrole nitrogens is 1. The molecule has 1 aromatic heterocycles. The number of carboxylic acids is 1. The predicted molar refractivity (Wildman–Crippen MR) is 126 cm³/mol. The Kier molecular flexibility index (Phi) is 5.55. The minimum Gasteiger partial charge on any atom is -0.497 e. The van der Waals surface area contributed by atoms with Crippen LogP contribution in [0.3, 0.4) is 0 Å². The van der Waals surface area contributed by atoms with Crippen LogP contribution in [-0.2, 0) is 11.3 Å². The number of rotatable bonds is 6. The Balaban J connectivity index is 1.34. The Morgan fingerprint density at radius 2 is 1.81 bits per heavy atom. The van der Waals surface area contributed by atoms with E-state index in [1.807, 2.05) is 24.4 Å². The molecule has 0 radical (unpaired) electrons. The number of carboxylic acid groups (broad SMARTS) is 1. The van der Waals surface area contributed by atoms with Gasteiger partial charge in [-0.1, -0.05) is 42.5 Å². The van der Waals surface area contributed by atoms with Gasteiger partial charge in [-0.2, -0.15) is 0 Å². The number of ether oxygens (including phenoxy) is 1. The molecule has 1 fully saturated rings.